The van der Waals surface area contributed by atoms with Gasteiger partial charge in [-0.25, -0.2) is 4.39 Å². The Kier molecular flexibility index (Phi) is 5.65. The number of hydrogen-bond acceptors (Lipinski definition) is 2. The molecule has 0 aliphatic carbocycles. The van der Waals surface area contributed by atoms with E-state index in [1.165, 1.54) is 12.1 Å². The normalized spacial score (nSPS) is 10.9. The van der Waals surface area contributed by atoms with E-state index in [1.54, 1.807) is 6.07 Å². The van der Waals surface area contributed by atoms with Crippen molar-refractivity contribution in [2.24, 2.45) is 0 Å². The lowest BCUT2D eigenvalue weighted by Gasteiger charge is -2.09. The third-order valence-electron chi connectivity index (χ3n) is 3.16. The highest BCUT2D eigenvalue weighted by atomic mass is 79.9. The van der Waals surface area contributed by atoms with Crippen LogP contribution in [0.5, 0.6) is 5.75 Å². The second-order valence-corrected chi connectivity index (χ2v) is 5.53. The van der Waals surface area contributed by atoms with E-state index in [-0.39, 0.29) is 12.4 Å². The van der Waals surface area contributed by atoms with Gasteiger partial charge >= 0.3 is 0 Å². The minimum absolute atomic E-state index is 0.269. The molecule has 0 spiro atoms. The number of aromatic nitrogens is 2. The standard InChI is InChI=1S/C15H17BrClFN2O/c1-3-13-15(17)14(20(4-2)19-13)9-21-12-6-10(8-16)5-11(18)7-12/h5-7H,3-4,8-9H2,1-2H3. The van der Waals surface area contributed by atoms with Crippen LogP contribution in [0, 0.1) is 5.82 Å². The second kappa shape index (κ2) is 7.27. The van der Waals surface area contributed by atoms with Crippen molar-refractivity contribution in [2.75, 3.05) is 0 Å². The van der Waals surface area contributed by atoms with Gasteiger partial charge in [0.05, 0.1) is 16.4 Å². The molecular formula is C15H17BrClFN2O. The monoisotopic (exact) mass is 374 g/mol. The molecule has 1 aromatic carbocycles. The lowest BCUT2D eigenvalue weighted by atomic mass is 10.2. The van der Waals surface area contributed by atoms with E-state index in [0.717, 1.165) is 23.4 Å². The molecule has 0 N–H and O–H groups in total. The number of hydrogen-bond donors (Lipinski definition) is 0. The largest absolute Gasteiger partial charge is 0.487 e. The molecular weight excluding hydrogens is 359 g/mol. The number of ether oxygens (including phenoxy) is 1. The molecule has 2 rings (SSSR count). The number of nitrogens with zero attached hydrogens (tertiary/aromatic N) is 2. The molecule has 0 fully saturated rings. The highest BCUT2D eigenvalue weighted by Gasteiger charge is 2.15. The number of halogens is 3. The van der Waals surface area contributed by atoms with Gasteiger partial charge in [0.2, 0.25) is 0 Å². The van der Waals surface area contributed by atoms with Crippen molar-refractivity contribution < 1.29 is 9.13 Å². The predicted molar refractivity (Wildman–Crippen MR) is 85.7 cm³/mol. The summed E-state index contributed by atoms with van der Waals surface area (Å²) in [6, 6.07) is 4.65. The second-order valence-electron chi connectivity index (χ2n) is 4.59. The molecule has 0 amide bonds. The fourth-order valence-corrected chi connectivity index (χ4v) is 2.74. The van der Waals surface area contributed by atoms with Gasteiger partial charge in [-0.1, -0.05) is 34.5 Å². The number of aryl methyl sites for hydroxylation is 2. The molecule has 0 bridgehead atoms. The van der Waals surface area contributed by atoms with Crippen LogP contribution < -0.4 is 4.74 Å². The summed E-state index contributed by atoms with van der Waals surface area (Å²) in [6.45, 7) is 4.99. The van der Waals surface area contributed by atoms with Crippen molar-refractivity contribution in [3.63, 3.8) is 0 Å². The summed E-state index contributed by atoms with van der Waals surface area (Å²) in [5, 5.41) is 5.65. The van der Waals surface area contributed by atoms with E-state index in [9.17, 15) is 4.39 Å². The van der Waals surface area contributed by atoms with E-state index in [1.807, 2.05) is 18.5 Å². The van der Waals surface area contributed by atoms with E-state index >= 15 is 0 Å². The Balaban J connectivity index is 2.20. The van der Waals surface area contributed by atoms with Gasteiger partial charge < -0.3 is 4.74 Å². The van der Waals surface area contributed by atoms with Crippen LogP contribution in [0.3, 0.4) is 0 Å². The Labute approximate surface area is 137 Å². The van der Waals surface area contributed by atoms with Crippen molar-refractivity contribution >= 4 is 27.5 Å². The average Bonchev–Trinajstić information content (AvgIpc) is 2.80. The maximum Gasteiger partial charge on any atom is 0.131 e. The van der Waals surface area contributed by atoms with Gasteiger partial charge in [-0.15, -0.1) is 0 Å². The number of benzene rings is 1. The van der Waals surface area contributed by atoms with Gasteiger partial charge in [0.1, 0.15) is 18.2 Å². The minimum Gasteiger partial charge on any atom is -0.487 e. The Bertz CT molecular complexity index is 630. The maximum absolute atomic E-state index is 13.5. The Morgan fingerprint density at radius 2 is 2.10 bits per heavy atom. The summed E-state index contributed by atoms with van der Waals surface area (Å²) in [6.07, 6.45) is 0.770. The van der Waals surface area contributed by atoms with E-state index in [4.69, 9.17) is 16.3 Å². The van der Waals surface area contributed by atoms with Crippen molar-refractivity contribution in [3.8, 4) is 5.75 Å². The van der Waals surface area contributed by atoms with Gasteiger partial charge in [0.15, 0.2) is 0 Å². The fourth-order valence-electron chi connectivity index (χ4n) is 2.09. The van der Waals surface area contributed by atoms with E-state index < -0.39 is 0 Å². The SMILES string of the molecule is CCc1nn(CC)c(COc2cc(F)cc(CBr)c2)c1Cl. The van der Waals surface area contributed by atoms with Gasteiger partial charge in [0, 0.05) is 17.9 Å². The first-order valence-electron chi connectivity index (χ1n) is 6.81. The highest BCUT2D eigenvalue weighted by molar-refractivity contribution is 9.08. The molecule has 0 saturated heterocycles. The summed E-state index contributed by atoms with van der Waals surface area (Å²) in [7, 11) is 0. The summed E-state index contributed by atoms with van der Waals surface area (Å²) in [4.78, 5) is 0. The van der Waals surface area contributed by atoms with Gasteiger partial charge in [-0.05, 0) is 31.0 Å². The van der Waals surface area contributed by atoms with Gasteiger partial charge in [0.25, 0.3) is 0 Å². The number of alkyl halides is 1. The summed E-state index contributed by atoms with van der Waals surface area (Å²) < 4.78 is 21.0. The predicted octanol–water partition coefficient (Wildman–Crippen LogP) is 4.73. The van der Waals surface area contributed by atoms with E-state index in [2.05, 4.69) is 21.0 Å². The molecule has 0 radical (unpaired) electrons. The van der Waals surface area contributed by atoms with Gasteiger partial charge in [-0.2, -0.15) is 5.10 Å². The highest BCUT2D eigenvalue weighted by Crippen LogP contribution is 2.24. The number of rotatable bonds is 6. The summed E-state index contributed by atoms with van der Waals surface area (Å²) >= 11 is 9.63. The zero-order valence-corrected chi connectivity index (χ0v) is 14.3. The molecule has 21 heavy (non-hydrogen) atoms. The molecule has 114 valence electrons. The summed E-state index contributed by atoms with van der Waals surface area (Å²) in [5.74, 6) is 0.175. The van der Waals surface area contributed by atoms with Crippen LogP contribution in [0.4, 0.5) is 4.39 Å². The molecule has 3 nitrogen and oxygen atoms in total. The van der Waals surface area contributed by atoms with Crippen molar-refractivity contribution in [1.82, 2.24) is 9.78 Å². The van der Waals surface area contributed by atoms with Gasteiger partial charge in [-0.3, -0.25) is 4.68 Å². The molecule has 0 atom stereocenters. The van der Waals surface area contributed by atoms with Crippen LogP contribution in [0.2, 0.25) is 5.02 Å². The lowest BCUT2D eigenvalue weighted by molar-refractivity contribution is 0.291. The topological polar surface area (TPSA) is 27.1 Å². The zero-order valence-electron chi connectivity index (χ0n) is 12.0. The molecule has 0 unspecified atom stereocenters. The molecule has 6 heteroatoms. The molecule has 2 aromatic rings. The smallest absolute Gasteiger partial charge is 0.131 e. The first kappa shape index (κ1) is 16.3. The fraction of sp³-hybridized carbons (Fsp3) is 0.400. The van der Waals surface area contributed by atoms with Crippen LogP contribution in [0.15, 0.2) is 18.2 Å². The van der Waals surface area contributed by atoms with Crippen molar-refractivity contribution in [3.05, 3.63) is 46.0 Å². The maximum atomic E-state index is 13.5. The quantitative estimate of drug-likeness (QED) is 0.682. The lowest BCUT2D eigenvalue weighted by Crippen LogP contribution is -2.06. The van der Waals surface area contributed by atoms with Crippen LogP contribution in [0.1, 0.15) is 30.8 Å². The van der Waals surface area contributed by atoms with Crippen LogP contribution in [-0.2, 0) is 24.9 Å². The first-order chi connectivity index (χ1) is 10.1. The average molecular weight is 376 g/mol. The molecule has 0 aliphatic rings. The van der Waals surface area contributed by atoms with Crippen LogP contribution in [-0.4, -0.2) is 9.78 Å². The van der Waals surface area contributed by atoms with Crippen LogP contribution in [0.25, 0.3) is 0 Å². The zero-order chi connectivity index (χ0) is 15.4. The third kappa shape index (κ3) is 3.77. The Morgan fingerprint density at radius 3 is 2.71 bits per heavy atom. The third-order valence-corrected chi connectivity index (χ3v) is 4.24. The molecule has 0 saturated carbocycles. The summed E-state index contributed by atoms with van der Waals surface area (Å²) in [5.41, 5.74) is 2.51. The van der Waals surface area contributed by atoms with E-state index in [0.29, 0.717) is 22.6 Å². The Morgan fingerprint density at radius 1 is 1.33 bits per heavy atom. The van der Waals surface area contributed by atoms with Crippen LogP contribution >= 0.6 is 27.5 Å². The van der Waals surface area contributed by atoms with Crippen molar-refractivity contribution in [2.45, 2.75) is 38.8 Å². The molecule has 1 aromatic heterocycles. The molecule has 0 aliphatic heterocycles. The minimum atomic E-state index is -0.314. The van der Waals surface area contributed by atoms with Crippen molar-refractivity contribution in [1.29, 1.82) is 0 Å². The Hall–Kier alpha value is -1.07. The first-order valence-corrected chi connectivity index (χ1v) is 8.31. The molecule has 1 heterocycles.